The summed E-state index contributed by atoms with van der Waals surface area (Å²) in [5, 5.41) is 3.36. The minimum Gasteiger partial charge on any atom is -0.463 e. The number of furan rings is 1. The normalized spacial score (nSPS) is 11.1. The largest absolute Gasteiger partial charge is 0.463 e. The number of hydrogen-bond donors (Lipinski definition) is 1. The van der Waals surface area contributed by atoms with Crippen LogP contribution in [0.2, 0.25) is 0 Å². The summed E-state index contributed by atoms with van der Waals surface area (Å²) in [5.74, 6) is 2.26. The Morgan fingerprint density at radius 1 is 1.10 bits per heavy atom. The fourth-order valence-corrected chi connectivity index (χ4v) is 2.11. The molecule has 0 bridgehead atoms. The van der Waals surface area contributed by atoms with E-state index in [1.165, 1.54) is 12.1 Å². The van der Waals surface area contributed by atoms with Gasteiger partial charge in [-0.2, -0.15) is 0 Å². The van der Waals surface area contributed by atoms with Gasteiger partial charge in [0, 0.05) is 12.7 Å². The Labute approximate surface area is 125 Å². The van der Waals surface area contributed by atoms with Gasteiger partial charge in [-0.05, 0) is 48.9 Å². The first-order chi connectivity index (χ1) is 10.0. The molecule has 2 aromatic rings. The summed E-state index contributed by atoms with van der Waals surface area (Å²) in [4.78, 5) is 2.03. The molecule has 0 amide bonds. The first kappa shape index (κ1) is 15.6. The van der Waals surface area contributed by atoms with E-state index in [-0.39, 0.29) is 5.82 Å². The molecule has 0 aliphatic heterocycles. The highest BCUT2D eigenvalue weighted by molar-refractivity contribution is 5.45. The van der Waals surface area contributed by atoms with Gasteiger partial charge in [-0.3, -0.25) is 0 Å². The number of rotatable bonds is 7. The van der Waals surface area contributed by atoms with Gasteiger partial charge < -0.3 is 14.6 Å². The molecule has 1 aromatic heterocycles. The fraction of sp³-hybridized carbons (Fsp3) is 0.412. The molecule has 1 heterocycles. The number of nitrogens with one attached hydrogen (secondary N) is 1. The molecule has 1 aromatic carbocycles. The first-order valence-electron chi connectivity index (χ1n) is 7.29. The minimum absolute atomic E-state index is 0.219. The van der Waals surface area contributed by atoms with Crippen molar-refractivity contribution in [2.24, 2.45) is 5.92 Å². The van der Waals surface area contributed by atoms with E-state index >= 15 is 0 Å². The number of nitrogens with zero attached hydrogens (tertiary/aromatic N) is 1. The molecule has 0 atom stereocenters. The highest BCUT2D eigenvalue weighted by atomic mass is 19.1. The number of anilines is 1. The third-order valence-electron chi connectivity index (χ3n) is 3.23. The second-order valence-electron chi connectivity index (χ2n) is 5.73. The van der Waals surface area contributed by atoms with Gasteiger partial charge >= 0.3 is 0 Å². The van der Waals surface area contributed by atoms with Crippen molar-refractivity contribution < 1.29 is 8.81 Å². The van der Waals surface area contributed by atoms with Crippen molar-refractivity contribution in [2.75, 3.05) is 18.5 Å². The minimum atomic E-state index is -0.219. The fourth-order valence-electron chi connectivity index (χ4n) is 2.11. The average Bonchev–Trinajstić information content (AvgIpc) is 2.86. The lowest BCUT2D eigenvalue weighted by Gasteiger charge is -2.17. The second kappa shape index (κ2) is 7.27. The van der Waals surface area contributed by atoms with Crippen LogP contribution < -0.4 is 10.2 Å². The van der Waals surface area contributed by atoms with Crippen LogP contribution in [0.3, 0.4) is 0 Å². The number of halogens is 1. The van der Waals surface area contributed by atoms with Crippen molar-refractivity contribution in [2.45, 2.75) is 26.9 Å². The van der Waals surface area contributed by atoms with E-state index in [1.54, 1.807) is 12.1 Å². The maximum absolute atomic E-state index is 12.9. The van der Waals surface area contributed by atoms with Crippen molar-refractivity contribution in [3.05, 3.63) is 53.7 Å². The molecule has 0 saturated carbocycles. The second-order valence-corrected chi connectivity index (χ2v) is 5.73. The third kappa shape index (κ3) is 4.90. The number of benzene rings is 1. The Bertz CT molecular complexity index is 548. The van der Waals surface area contributed by atoms with Crippen LogP contribution in [0.4, 0.5) is 10.1 Å². The lowest BCUT2D eigenvalue weighted by Crippen LogP contribution is -2.18. The highest BCUT2D eigenvalue weighted by Crippen LogP contribution is 2.17. The van der Waals surface area contributed by atoms with E-state index in [1.807, 2.05) is 24.1 Å². The number of hydrogen-bond acceptors (Lipinski definition) is 3. The molecule has 114 valence electrons. The van der Waals surface area contributed by atoms with Gasteiger partial charge in [-0.25, -0.2) is 4.39 Å². The summed E-state index contributed by atoms with van der Waals surface area (Å²) in [6.07, 6.45) is 0. The predicted octanol–water partition coefficient (Wildman–Crippen LogP) is 3.80. The summed E-state index contributed by atoms with van der Waals surface area (Å²) in [6.45, 7) is 6.75. The SMILES string of the molecule is CC(C)CNCc1ccc(CN(C)c2ccc(F)cc2)o1. The molecule has 0 unspecified atom stereocenters. The van der Waals surface area contributed by atoms with Crippen LogP contribution in [-0.2, 0) is 13.1 Å². The Balaban J connectivity index is 1.88. The Hall–Kier alpha value is -1.81. The van der Waals surface area contributed by atoms with Gasteiger partial charge in [-0.15, -0.1) is 0 Å². The van der Waals surface area contributed by atoms with Crippen molar-refractivity contribution in [1.29, 1.82) is 0 Å². The van der Waals surface area contributed by atoms with Crippen LogP contribution in [0, 0.1) is 11.7 Å². The molecule has 0 fully saturated rings. The van der Waals surface area contributed by atoms with Gasteiger partial charge in [0.15, 0.2) is 0 Å². The molecule has 21 heavy (non-hydrogen) atoms. The summed E-state index contributed by atoms with van der Waals surface area (Å²) in [5.41, 5.74) is 0.965. The summed E-state index contributed by atoms with van der Waals surface area (Å²) < 4.78 is 18.7. The van der Waals surface area contributed by atoms with Crippen LogP contribution in [0.1, 0.15) is 25.4 Å². The third-order valence-corrected chi connectivity index (χ3v) is 3.23. The van der Waals surface area contributed by atoms with Crippen molar-refractivity contribution in [3.63, 3.8) is 0 Å². The van der Waals surface area contributed by atoms with Gasteiger partial charge in [-0.1, -0.05) is 13.8 Å². The van der Waals surface area contributed by atoms with Crippen LogP contribution in [0.5, 0.6) is 0 Å². The van der Waals surface area contributed by atoms with Gasteiger partial charge in [0.2, 0.25) is 0 Å². The highest BCUT2D eigenvalue weighted by Gasteiger charge is 2.07. The predicted molar refractivity (Wildman–Crippen MR) is 83.8 cm³/mol. The lowest BCUT2D eigenvalue weighted by molar-refractivity contribution is 0.435. The molecule has 4 heteroatoms. The molecular weight excluding hydrogens is 267 g/mol. The molecule has 1 N–H and O–H groups in total. The molecule has 0 aliphatic rings. The van der Waals surface area contributed by atoms with Crippen molar-refractivity contribution in [3.8, 4) is 0 Å². The van der Waals surface area contributed by atoms with E-state index in [4.69, 9.17) is 4.42 Å². The quantitative estimate of drug-likeness (QED) is 0.840. The van der Waals surface area contributed by atoms with Gasteiger partial charge in [0.05, 0.1) is 13.1 Å². The molecule has 0 saturated heterocycles. The van der Waals surface area contributed by atoms with E-state index in [0.717, 1.165) is 30.3 Å². The molecule has 0 spiro atoms. The van der Waals surface area contributed by atoms with Gasteiger partial charge in [0.25, 0.3) is 0 Å². The van der Waals surface area contributed by atoms with E-state index in [2.05, 4.69) is 19.2 Å². The van der Waals surface area contributed by atoms with Gasteiger partial charge in [0.1, 0.15) is 17.3 Å². The zero-order valence-corrected chi connectivity index (χ0v) is 12.9. The Kier molecular flexibility index (Phi) is 5.39. The lowest BCUT2D eigenvalue weighted by atomic mass is 10.2. The molecule has 0 radical (unpaired) electrons. The van der Waals surface area contributed by atoms with Crippen molar-refractivity contribution >= 4 is 5.69 Å². The summed E-state index contributed by atoms with van der Waals surface area (Å²) >= 11 is 0. The molecule has 2 rings (SSSR count). The average molecular weight is 290 g/mol. The van der Waals surface area contributed by atoms with E-state index in [0.29, 0.717) is 12.5 Å². The monoisotopic (exact) mass is 290 g/mol. The molecular formula is C17H23FN2O. The van der Waals surface area contributed by atoms with Crippen LogP contribution in [-0.4, -0.2) is 13.6 Å². The maximum atomic E-state index is 12.9. The summed E-state index contributed by atoms with van der Waals surface area (Å²) in [6, 6.07) is 10.5. The van der Waals surface area contributed by atoms with Crippen LogP contribution in [0.25, 0.3) is 0 Å². The van der Waals surface area contributed by atoms with Crippen LogP contribution >= 0.6 is 0 Å². The molecule has 3 nitrogen and oxygen atoms in total. The van der Waals surface area contributed by atoms with Crippen molar-refractivity contribution in [1.82, 2.24) is 5.32 Å². The zero-order valence-electron chi connectivity index (χ0n) is 12.9. The maximum Gasteiger partial charge on any atom is 0.123 e. The van der Waals surface area contributed by atoms with Crippen LogP contribution in [0.15, 0.2) is 40.8 Å². The topological polar surface area (TPSA) is 28.4 Å². The first-order valence-corrected chi connectivity index (χ1v) is 7.29. The van der Waals surface area contributed by atoms with E-state index in [9.17, 15) is 4.39 Å². The smallest absolute Gasteiger partial charge is 0.123 e. The summed E-state index contributed by atoms with van der Waals surface area (Å²) in [7, 11) is 1.96. The Morgan fingerprint density at radius 3 is 2.43 bits per heavy atom. The Morgan fingerprint density at radius 2 is 1.76 bits per heavy atom. The molecule has 0 aliphatic carbocycles. The zero-order chi connectivity index (χ0) is 15.2. The standard InChI is InChI=1S/C17H23FN2O/c1-13(2)10-19-11-16-8-9-17(21-16)12-20(3)15-6-4-14(18)5-7-15/h4-9,13,19H,10-12H2,1-3H3. The van der Waals surface area contributed by atoms with E-state index < -0.39 is 0 Å².